The maximum absolute atomic E-state index is 6.25. The van der Waals surface area contributed by atoms with Crippen LogP contribution < -0.4 is 10.2 Å². The molecule has 3 aromatic rings. The zero-order valence-electron chi connectivity index (χ0n) is 16.6. The normalized spacial score (nSPS) is 19.3. The number of aromatic nitrogens is 3. The number of hydrogen-bond donors (Lipinski definition) is 1. The fourth-order valence-electron chi connectivity index (χ4n) is 3.34. The number of ether oxygens (including phenoxy) is 1. The van der Waals surface area contributed by atoms with Gasteiger partial charge in [0.05, 0.1) is 11.8 Å². The molecule has 2 atom stereocenters. The number of aryl methyl sites for hydroxylation is 1. The number of benzene rings is 1. The minimum atomic E-state index is 0.0606. The van der Waals surface area contributed by atoms with Crippen LogP contribution in [0.15, 0.2) is 46.2 Å². The van der Waals surface area contributed by atoms with Crippen LogP contribution in [0.25, 0.3) is 11.4 Å². The Balaban J connectivity index is 1.35. The van der Waals surface area contributed by atoms with E-state index in [0.29, 0.717) is 0 Å². The highest BCUT2D eigenvalue weighted by molar-refractivity contribution is 7.99. The summed E-state index contributed by atoms with van der Waals surface area (Å²) in [5.41, 5.74) is 3.38. The van der Waals surface area contributed by atoms with Gasteiger partial charge in [0.25, 0.3) is 0 Å². The molecule has 148 valence electrons. The van der Waals surface area contributed by atoms with E-state index in [1.807, 2.05) is 38.7 Å². The fraction of sp³-hybridized carbons (Fsp3) is 0.400. The molecule has 1 aliphatic heterocycles. The summed E-state index contributed by atoms with van der Waals surface area (Å²) < 4.78 is 13.6. The molecule has 28 heavy (non-hydrogen) atoms. The minimum Gasteiger partial charge on any atom is -0.469 e. The molecular weight excluding hydrogens is 374 g/mol. The van der Waals surface area contributed by atoms with Crippen LogP contribution in [0.4, 0.5) is 5.69 Å². The predicted molar refractivity (Wildman–Crippen MR) is 109 cm³/mol. The molecule has 0 unspecified atom stereocenters. The van der Waals surface area contributed by atoms with Gasteiger partial charge in [-0.2, -0.15) is 0 Å². The van der Waals surface area contributed by atoms with Gasteiger partial charge in [-0.05, 0) is 37.3 Å². The Morgan fingerprint density at radius 3 is 2.68 bits per heavy atom. The summed E-state index contributed by atoms with van der Waals surface area (Å²) in [7, 11) is 6.08. The first kappa shape index (κ1) is 19.0. The lowest BCUT2D eigenvalue weighted by atomic mass is 10.2. The highest BCUT2D eigenvalue weighted by atomic mass is 32.2. The van der Waals surface area contributed by atoms with E-state index < -0.39 is 0 Å². The molecule has 1 aromatic carbocycles. The molecule has 0 spiro atoms. The number of nitrogens with zero attached hydrogens (tertiary/aromatic N) is 4. The van der Waals surface area contributed by atoms with Gasteiger partial charge in [-0.3, -0.25) is 0 Å². The molecule has 7 nitrogen and oxygen atoms in total. The molecule has 0 amide bonds. The van der Waals surface area contributed by atoms with Crippen LogP contribution in [0.1, 0.15) is 17.6 Å². The first-order chi connectivity index (χ1) is 13.5. The van der Waals surface area contributed by atoms with Gasteiger partial charge in [0.2, 0.25) is 6.23 Å². The summed E-state index contributed by atoms with van der Waals surface area (Å²) in [6.07, 6.45) is 1.92. The van der Waals surface area contributed by atoms with Crippen molar-refractivity contribution in [1.82, 2.24) is 14.8 Å². The van der Waals surface area contributed by atoms with Gasteiger partial charge in [0.15, 0.2) is 11.0 Å². The molecule has 8 heteroatoms. The highest BCUT2D eigenvalue weighted by Crippen LogP contribution is 2.27. The van der Waals surface area contributed by atoms with Crippen molar-refractivity contribution in [2.45, 2.75) is 24.4 Å². The van der Waals surface area contributed by atoms with Crippen LogP contribution in [-0.2, 0) is 11.8 Å². The Hall–Kier alpha value is -2.29. The van der Waals surface area contributed by atoms with Crippen molar-refractivity contribution in [2.24, 2.45) is 7.05 Å². The van der Waals surface area contributed by atoms with Crippen molar-refractivity contribution in [3.05, 3.63) is 47.9 Å². The number of quaternary nitrogens is 1. The number of nitrogens with two attached hydrogens (primary N) is 1. The third kappa shape index (κ3) is 3.80. The Kier molecular flexibility index (Phi) is 5.43. The van der Waals surface area contributed by atoms with Crippen LogP contribution >= 0.6 is 11.8 Å². The first-order valence-electron chi connectivity index (χ1n) is 9.35. The molecule has 1 saturated heterocycles. The highest BCUT2D eigenvalue weighted by Gasteiger charge is 2.30. The number of anilines is 1. The lowest BCUT2D eigenvalue weighted by Crippen LogP contribution is -2.82. The average Bonchev–Trinajstić information content (AvgIpc) is 3.41. The lowest BCUT2D eigenvalue weighted by molar-refractivity contribution is -0.697. The Morgan fingerprint density at radius 2 is 2.00 bits per heavy atom. The van der Waals surface area contributed by atoms with Crippen molar-refractivity contribution in [3.63, 3.8) is 0 Å². The van der Waals surface area contributed by atoms with Crippen LogP contribution in [0.5, 0.6) is 0 Å². The average molecular weight is 401 g/mol. The van der Waals surface area contributed by atoms with Crippen LogP contribution in [0.3, 0.4) is 0 Å². The smallest absolute Gasteiger partial charge is 0.217 e. The summed E-state index contributed by atoms with van der Waals surface area (Å²) >= 11 is 1.68. The number of rotatable bonds is 6. The van der Waals surface area contributed by atoms with Crippen LogP contribution in [-0.4, -0.2) is 47.3 Å². The lowest BCUT2D eigenvalue weighted by Gasteiger charge is -2.14. The molecule has 1 fully saturated rings. The van der Waals surface area contributed by atoms with E-state index >= 15 is 0 Å². The topological polar surface area (TPSA) is 72.9 Å². The van der Waals surface area contributed by atoms with Crippen molar-refractivity contribution in [3.8, 4) is 11.4 Å². The summed E-state index contributed by atoms with van der Waals surface area (Å²) in [6.45, 7) is 2.88. The zero-order chi connectivity index (χ0) is 19.7. The molecule has 0 saturated carbocycles. The number of hydrogen-bond acceptors (Lipinski definition) is 6. The second kappa shape index (κ2) is 7.98. The Morgan fingerprint density at radius 1 is 1.21 bits per heavy atom. The quantitative estimate of drug-likeness (QED) is 0.640. The van der Waals surface area contributed by atoms with Crippen molar-refractivity contribution < 1.29 is 14.5 Å². The first-order valence-corrected chi connectivity index (χ1v) is 10.3. The van der Waals surface area contributed by atoms with Crippen molar-refractivity contribution >= 4 is 17.4 Å². The van der Waals surface area contributed by atoms with E-state index in [4.69, 9.17) is 9.15 Å². The molecule has 0 aliphatic carbocycles. The van der Waals surface area contributed by atoms with Gasteiger partial charge in [0, 0.05) is 38.1 Å². The second-order valence-corrected chi connectivity index (χ2v) is 8.19. The van der Waals surface area contributed by atoms with E-state index in [1.54, 1.807) is 18.0 Å². The SMILES string of the molecule is Cc1occc1-c1nnc(SC[C@@H]2C[NH2+][C@H](c3ccc(N(C)C)cc3)O2)n1C. The standard InChI is InChI=1S/C20H25N5O2S/c1-13-17(9-10-26-13)18-22-23-20(25(18)4)28-12-16-11-21-19(27-16)14-5-7-15(8-6-14)24(2)3/h5-10,16,19,21H,11-12H2,1-4H3/p+1/t16-,19-/m0/s1. The van der Waals surface area contributed by atoms with E-state index in [0.717, 1.165) is 34.6 Å². The molecule has 2 N–H and O–H groups in total. The van der Waals surface area contributed by atoms with E-state index in [9.17, 15) is 0 Å². The van der Waals surface area contributed by atoms with Crippen molar-refractivity contribution in [2.75, 3.05) is 31.3 Å². The third-order valence-corrected chi connectivity index (χ3v) is 6.18. The number of furan rings is 1. The molecule has 4 rings (SSSR count). The zero-order valence-corrected chi connectivity index (χ0v) is 17.4. The van der Waals surface area contributed by atoms with Gasteiger partial charge in [0.1, 0.15) is 18.4 Å². The third-order valence-electron chi connectivity index (χ3n) is 5.02. The molecular formula is C20H26N5O2S+. The molecule has 0 bridgehead atoms. The van der Waals surface area contributed by atoms with Gasteiger partial charge >= 0.3 is 0 Å². The van der Waals surface area contributed by atoms with Crippen LogP contribution in [0, 0.1) is 6.92 Å². The van der Waals surface area contributed by atoms with E-state index in [-0.39, 0.29) is 12.3 Å². The second-order valence-electron chi connectivity index (χ2n) is 7.20. The molecule has 1 aliphatic rings. The monoisotopic (exact) mass is 400 g/mol. The molecule has 0 radical (unpaired) electrons. The van der Waals surface area contributed by atoms with Gasteiger partial charge in [-0.25, -0.2) is 0 Å². The van der Waals surface area contributed by atoms with Gasteiger partial charge < -0.3 is 23.9 Å². The summed E-state index contributed by atoms with van der Waals surface area (Å²) in [4.78, 5) is 2.10. The summed E-state index contributed by atoms with van der Waals surface area (Å²) in [5.74, 6) is 2.52. The molecule has 2 aromatic heterocycles. The van der Waals surface area contributed by atoms with Gasteiger partial charge in [-0.1, -0.05) is 11.8 Å². The van der Waals surface area contributed by atoms with Crippen LogP contribution in [0.2, 0.25) is 0 Å². The van der Waals surface area contributed by atoms with Gasteiger partial charge in [-0.15, -0.1) is 10.2 Å². The minimum absolute atomic E-state index is 0.0606. The van der Waals surface area contributed by atoms with E-state index in [2.05, 4.69) is 44.7 Å². The Bertz CT molecular complexity index is 934. The summed E-state index contributed by atoms with van der Waals surface area (Å²) in [6, 6.07) is 10.5. The molecule has 3 heterocycles. The maximum Gasteiger partial charge on any atom is 0.217 e. The number of thioether (sulfide) groups is 1. The predicted octanol–water partition coefficient (Wildman–Crippen LogP) is 2.20. The summed E-state index contributed by atoms with van der Waals surface area (Å²) in [5, 5.41) is 11.8. The fourth-order valence-corrected chi connectivity index (χ4v) is 4.27. The Labute approximate surface area is 169 Å². The largest absolute Gasteiger partial charge is 0.469 e. The maximum atomic E-state index is 6.25. The van der Waals surface area contributed by atoms with E-state index in [1.165, 1.54) is 11.3 Å². The van der Waals surface area contributed by atoms with Crippen molar-refractivity contribution in [1.29, 1.82) is 0 Å².